The normalized spacial score (nSPS) is 19.0. The number of nitrogens with one attached hydrogen (secondary N) is 1. The van der Waals surface area contributed by atoms with Gasteiger partial charge >= 0.3 is 0 Å². The number of aromatic nitrogens is 2. The van der Waals surface area contributed by atoms with E-state index in [0.717, 1.165) is 6.07 Å². The standard InChI is InChI=1S/C14H16ClN5O4S/c1-18-6-5-17-14(18)12-9-16-4-7-19(12)25(23,24)13-3-2-10(15)8-11(13)20(21)22/h2-3,5-6,8,12,16H,4,7,9H2,1H3. The average Bonchev–Trinajstić information content (AvgIpc) is 3.00. The lowest BCUT2D eigenvalue weighted by Gasteiger charge is -2.34. The molecule has 2 heterocycles. The summed E-state index contributed by atoms with van der Waals surface area (Å²) in [5.41, 5.74) is -0.537. The van der Waals surface area contributed by atoms with Gasteiger partial charge in [-0.2, -0.15) is 4.31 Å². The Kier molecular flexibility index (Phi) is 4.78. The molecule has 0 aliphatic carbocycles. The van der Waals surface area contributed by atoms with Crippen molar-refractivity contribution in [1.82, 2.24) is 19.2 Å². The third-order valence-electron chi connectivity index (χ3n) is 4.06. The molecule has 3 rings (SSSR count). The molecule has 11 heteroatoms. The fraction of sp³-hybridized carbons (Fsp3) is 0.357. The number of piperazine rings is 1. The van der Waals surface area contributed by atoms with Crippen molar-refractivity contribution in [3.05, 3.63) is 51.6 Å². The molecule has 1 unspecified atom stereocenters. The van der Waals surface area contributed by atoms with Crippen LogP contribution in [0.4, 0.5) is 5.69 Å². The van der Waals surface area contributed by atoms with Crippen molar-refractivity contribution in [1.29, 1.82) is 0 Å². The summed E-state index contributed by atoms with van der Waals surface area (Å²) in [6, 6.07) is 2.99. The lowest BCUT2D eigenvalue weighted by atomic mass is 10.2. The Hall–Kier alpha value is -2.01. The van der Waals surface area contributed by atoms with E-state index in [1.54, 1.807) is 24.0 Å². The zero-order chi connectivity index (χ0) is 18.2. The Morgan fingerprint density at radius 3 is 2.84 bits per heavy atom. The SMILES string of the molecule is Cn1ccnc1C1CNCCN1S(=O)(=O)c1ccc(Cl)cc1[N+](=O)[O-]. The quantitative estimate of drug-likeness (QED) is 0.627. The van der Waals surface area contributed by atoms with Gasteiger partial charge in [0.05, 0.1) is 11.0 Å². The minimum absolute atomic E-state index is 0.103. The molecule has 0 amide bonds. The van der Waals surface area contributed by atoms with Crippen LogP contribution < -0.4 is 5.32 Å². The third kappa shape index (κ3) is 3.25. The molecule has 134 valence electrons. The van der Waals surface area contributed by atoms with E-state index in [0.29, 0.717) is 18.9 Å². The molecule has 2 aromatic rings. The first kappa shape index (κ1) is 17.8. The maximum Gasteiger partial charge on any atom is 0.290 e. The van der Waals surface area contributed by atoms with Gasteiger partial charge in [0.25, 0.3) is 15.7 Å². The molecule has 1 aliphatic rings. The van der Waals surface area contributed by atoms with Crippen molar-refractivity contribution in [3.8, 4) is 0 Å². The summed E-state index contributed by atoms with van der Waals surface area (Å²) in [5.74, 6) is 0.562. The third-order valence-corrected chi connectivity index (χ3v) is 6.25. The van der Waals surface area contributed by atoms with Gasteiger partial charge < -0.3 is 9.88 Å². The lowest BCUT2D eigenvalue weighted by Crippen LogP contribution is -2.49. The maximum absolute atomic E-state index is 13.2. The van der Waals surface area contributed by atoms with Crippen LogP contribution in [0.5, 0.6) is 0 Å². The smallest absolute Gasteiger partial charge is 0.290 e. The van der Waals surface area contributed by atoms with Crippen LogP contribution in [0.15, 0.2) is 35.5 Å². The van der Waals surface area contributed by atoms with E-state index in [9.17, 15) is 18.5 Å². The lowest BCUT2D eigenvalue weighted by molar-refractivity contribution is -0.387. The molecule has 9 nitrogen and oxygen atoms in total. The highest BCUT2D eigenvalue weighted by molar-refractivity contribution is 7.89. The second-order valence-corrected chi connectivity index (χ2v) is 7.90. The van der Waals surface area contributed by atoms with Crippen LogP contribution in [0, 0.1) is 10.1 Å². The molecule has 1 N–H and O–H groups in total. The number of nitro benzene ring substituents is 1. The summed E-state index contributed by atoms with van der Waals surface area (Å²) in [7, 11) is -2.34. The Morgan fingerprint density at radius 2 is 2.20 bits per heavy atom. The molecule has 1 saturated heterocycles. The highest BCUT2D eigenvalue weighted by Crippen LogP contribution is 2.33. The first-order valence-corrected chi connectivity index (χ1v) is 9.28. The van der Waals surface area contributed by atoms with E-state index in [2.05, 4.69) is 10.3 Å². The van der Waals surface area contributed by atoms with Gasteiger partial charge in [-0.25, -0.2) is 13.4 Å². The van der Waals surface area contributed by atoms with Crippen LogP contribution in [-0.4, -0.2) is 46.8 Å². The number of hydrogen-bond donors (Lipinski definition) is 1. The van der Waals surface area contributed by atoms with Crippen LogP contribution in [0.1, 0.15) is 11.9 Å². The summed E-state index contributed by atoms with van der Waals surface area (Å²) in [6.07, 6.45) is 3.30. The number of hydrogen-bond acceptors (Lipinski definition) is 6. The topological polar surface area (TPSA) is 110 Å². The van der Waals surface area contributed by atoms with E-state index in [1.165, 1.54) is 16.4 Å². The van der Waals surface area contributed by atoms with Gasteiger partial charge in [-0.15, -0.1) is 0 Å². The predicted octanol–water partition coefficient (Wildman–Crippen LogP) is 1.32. The molecule has 0 radical (unpaired) electrons. The van der Waals surface area contributed by atoms with Gasteiger partial charge in [0, 0.05) is 50.2 Å². The highest BCUT2D eigenvalue weighted by atomic mass is 35.5. The van der Waals surface area contributed by atoms with Crippen molar-refractivity contribution in [3.63, 3.8) is 0 Å². The van der Waals surface area contributed by atoms with E-state index < -0.39 is 26.7 Å². The van der Waals surface area contributed by atoms with E-state index in [1.807, 2.05) is 0 Å². The Labute approximate surface area is 149 Å². The zero-order valence-corrected chi connectivity index (χ0v) is 14.9. The number of nitro groups is 1. The highest BCUT2D eigenvalue weighted by Gasteiger charge is 2.39. The predicted molar refractivity (Wildman–Crippen MR) is 90.8 cm³/mol. The minimum atomic E-state index is -4.11. The van der Waals surface area contributed by atoms with Crippen molar-refractivity contribution in [2.24, 2.45) is 7.05 Å². The van der Waals surface area contributed by atoms with E-state index in [4.69, 9.17) is 11.6 Å². The zero-order valence-electron chi connectivity index (χ0n) is 13.3. The number of sulfonamides is 1. The van der Waals surface area contributed by atoms with Crippen LogP contribution in [-0.2, 0) is 17.1 Å². The van der Waals surface area contributed by atoms with Gasteiger partial charge in [0.15, 0.2) is 4.90 Å². The molecule has 0 bridgehead atoms. The molecular weight excluding hydrogens is 370 g/mol. The summed E-state index contributed by atoms with van der Waals surface area (Å²) < 4.78 is 29.3. The van der Waals surface area contributed by atoms with Gasteiger partial charge in [-0.1, -0.05) is 11.6 Å². The summed E-state index contributed by atoms with van der Waals surface area (Å²) in [6.45, 7) is 0.993. The van der Waals surface area contributed by atoms with Gasteiger partial charge in [-0.3, -0.25) is 10.1 Å². The summed E-state index contributed by atoms with van der Waals surface area (Å²) in [4.78, 5) is 14.4. The molecule has 25 heavy (non-hydrogen) atoms. The summed E-state index contributed by atoms with van der Waals surface area (Å²) in [5, 5.41) is 14.5. The number of imidazole rings is 1. The van der Waals surface area contributed by atoms with Crippen molar-refractivity contribution in [2.45, 2.75) is 10.9 Å². The Bertz CT molecular complexity index is 914. The van der Waals surface area contributed by atoms with Crippen LogP contribution in [0.2, 0.25) is 5.02 Å². The average molecular weight is 386 g/mol. The summed E-state index contributed by atoms with van der Waals surface area (Å²) >= 11 is 5.79. The number of aryl methyl sites for hydroxylation is 1. The van der Waals surface area contributed by atoms with Crippen molar-refractivity contribution in [2.75, 3.05) is 19.6 Å². The first-order valence-electron chi connectivity index (χ1n) is 7.46. The molecule has 0 spiro atoms. The molecule has 0 saturated carbocycles. The van der Waals surface area contributed by atoms with Gasteiger partial charge in [0.1, 0.15) is 5.82 Å². The molecule has 1 aromatic heterocycles. The van der Waals surface area contributed by atoms with Crippen molar-refractivity contribution < 1.29 is 13.3 Å². The number of benzene rings is 1. The molecular formula is C14H16ClN5O4S. The van der Waals surface area contributed by atoms with E-state index >= 15 is 0 Å². The Balaban J connectivity index is 2.09. The monoisotopic (exact) mass is 385 g/mol. The second-order valence-electron chi connectivity index (χ2n) is 5.60. The largest absolute Gasteiger partial charge is 0.337 e. The van der Waals surface area contributed by atoms with Gasteiger partial charge in [0.2, 0.25) is 0 Å². The van der Waals surface area contributed by atoms with Crippen LogP contribution >= 0.6 is 11.6 Å². The number of rotatable bonds is 4. The molecule has 1 aliphatic heterocycles. The minimum Gasteiger partial charge on any atom is -0.337 e. The number of halogens is 1. The second kappa shape index (κ2) is 6.71. The van der Waals surface area contributed by atoms with Crippen molar-refractivity contribution >= 4 is 27.3 Å². The van der Waals surface area contributed by atoms with Gasteiger partial charge in [-0.05, 0) is 12.1 Å². The molecule has 1 aromatic carbocycles. The fourth-order valence-electron chi connectivity index (χ4n) is 2.87. The van der Waals surface area contributed by atoms with Crippen LogP contribution in [0.25, 0.3) is 0 Å². The Morgan fingerprint density at radius 1 is 1.44 bits per heavy atom. The first-order chi connectivity index (χ1) is 11.8. The molecule has 1 atom stereocenters. The van der Waals surface area contributed by atoms with Crippen LogP contribution in [0.3, 0.4) is 0 Å². The molecule has 1 fully saturated rings. The maximum atomic E-state index is 13.2. The fourth-order valence-corrected chi connectivity index (χ4v) is 4.76. The van der Waals surface area contributed by atoms with E-state index in [-0.39, 0.29) is 16.5 Å². The number of nitrogens with zero attached hydrogens (tertiary/aromatic N) is 4.